The molecule has 0 unspecified atom stereocenters. The minimum Gasteiger partial charge on any atom is -0.308 e. The average molecular weight is 304 g/mol. The molecule has 0 aliphatic carbocycles. The van der Waals surface area contributed by atoms with Crippen molar-refractivity contribution >= 4 is 27.5 Å². The molecule has 18 heavy (non-hydrogen) atoms. The first-order valence-electron chi connectivity index (χ1n) is 5.58. The summed E-state index contributed by atoms with van der Waals surface area (Å²) in [6, 6.07) is 15.7. The van der Waals surface area contributed by atoms with E-state index >= 15 is 0 Å². The van der Waals surface area contributed by atoms with E-state index in [1.165, 1.54) is 0 Å². The molecule has 0 bridgehead atoms. The molecular formula is C14H14BrN3. The third-order valence-corrected chi connectivity index (χ3v) is 3.63. The number of benzene rings is 2. The summed E-state index contributed by atoms with van der Waals surface area (Å²) in [6.45, 7) is 2.03. The van der Waals surface area contributed by atoms with E-state index in [0.717, 1.165) is 21.3 Å². The van der Waals surface area contributed by atoms with Gasteiger partial charge in [-0.3, -0.25) is 0 Å². The molecule has 3 N–H and O–H groups in total. The molecule has 2 rings (SSSR count). The van der Waals surface area contributed by atoms with Crippen molar-refractivity contribution in [1.29, 1.82) is 0 Å². The van der Waals surface area contributed by atoms with E-state index in [2.05, 4.69) is 26.3 Å². The fraction of sp³-hybridized carbons (Fsp3) is 0.0714. The monoisotopic (exact) mass is 303 g/mol. The summed E-state index contributed by atoms with van der Waals surface area (Å²) in [5.41, 5.74) is 5.60. The third-order valence-electron chi connectivity index (χ3n) is 2.58. The smallest absolute Gasteiger partial charge is 0.149 e. The molecule has 0 atom stereocenters. The number of hydrogen-bond donors (Lipinski definition) is 2. The van der Waals surface area contributed by atoms with Gasteiger partial charge in [0.2, 0.25) is 0 Å². The van der Waals surface area contributed by atoms with Crippen LogP contribution in [0, 0.1) is 6.92 Å². The summed E-state index contributed by atoms with van der Waals surface area (Å²) in [4.78, 5) is 4.50. The molecule has 0 aromatic heterocycles. The van der Waals surface area contributed by atoms with Crippen LogP contribution in [-0.4, -0.2) is 5.84 Å². The lowest BCUT2D eigenvalue weighted by atomic mass is 10.1. The standard InChI is InChI=1S/C14H14BrN3/c1-10-6-5-9-12(13(10)15)14(18-16)17-11-7-3-2-4-8-11/h2-9H,16H2,1H3,(H,17,18). The molecule has 0 aliphatic rings. The quantitative estimate of drug-likeness (QED) is 0.387. The van der Waals surface area contributed by atoms with Crippen LogP contribution in [0.1, 0.15) is 11.1 Å². The van der Waals surface area contributed by atoms with Gasteiger partial charge in [-0.15, -0.1) is 0 Å². The molecule has 2 aromatic carbocycles. The van der Waals surface area contributed by atoms with Crippen molar-refractivity contribution in [2.45, 2.75) is 6.92 Å². The van der Waals surface area contributed by atoms with Crippen molar-refractivity contribution in [2.75, 3.05) is 0 Å². The van der Waals surface area contributed by atoms with Crippen molar-refractivity contribution in [2.24, 2.45) is 10.8 Å². The molecule has 0 aliphatic heterocycles. The lowest BCUT2D eigenvalue weighted by molar-refractivity contribution is 1.02. The normalized spacial score (nSPS) is 11.4. The Morgan fingerprint density at radius 2 is 1.83 bits per heavy atom. The molecule has 0 saturated heterocycles. The molecular weight excluding hydrogens is 290 g/mol. The van der Waals surface area contributed by atoms with Crippen molar-refractivity contribution < 1.29 is 0 Å². The van der Waals surface area contributed by atoms with Crippen LogP contribution >= 0.6 is 15.9 Å². The highest BCUT2D eigenvalue weighted by Gasteiger charge is 2.08. The fourth-order valence-electron chi connectivity index (χ4n) is 1.63. The fourth-order valence-corrected chi connectivity index (χ4v) is 2.08. The first-order valence-corrected chi connectivity index (χ1v) is 6.37. The van der Waals surface area contributed by atoms with E-state index in [0.29, 0.717) is 5.84 Å². The lowest BCUT2D eigenvalue weighted by Crippen LogP contribution is -2.31. The predicted octanol–water partition coefficient (Wildman–Crippen LogP) is 3.30. The minimum atomic E-state index is 0.636. The zero-order chi connectivity index (χ0) is 13.0. The van der Waals surface area contributed by atoms with Gasteiger partial charge in [0, 0.05) is 10.0 Å². The number of rotatable bonds is 2. The van der Waals surface area contributed by atoms with Crippen LogP contribution in [0.15, 0.2) is 58.0 Å². The van der Waals surface area contributed by atoms with Gasteiger partial charge in [-0.05, 0) is 40.5 Å². The van der Waals surface area contributed by atoms with Crippen LogP contribution in [0.4, 0.5) is 5.69 Å². The minimum absolute atomic E-state index is 0.636. The number of hydrazine groups is 1. The van der Waals surface area contributed by atoms with Gasteiger partial charge in [-0.25, -0.2) is 10.8 Å². The van der Waals surface area contributed by atoms with Crippen LogP contribution in [-0.2, 0) is 0 Å². The second-order valence-electron chi connectivity index (χ2n) is 3.88. The van der Waals surface area contributed by atoms with E-state index in [-0.39, 0.29) is 0 Å². The topological polar surface area (TPSA) is 50.4 Å². The van der Waals surface area contributed by atoms with Crippen molar-refractivity contribution in [1.82, 2.24) is 5.43 Å². The summed E-state index contributed by atoms with van der Waals surface area (Å²) < 4.78 is 0.998. The van der Waals surface area contributed by atoms with Gasteiger partial charge >= 0.3 is 0 Å². The van der Waals surface area contributed by atoms with Crippen LogP contribution in [0.25, 0.3) is 0 Å². The van der Waals surface area contributed by atoms with Crippen LogP contribution in [0.3, 0.4) is 0 Å². The summed E-state index contributed by atoms with van der Waals surface area (Å²) in [5, 5.41) is 0. The van der Waals surface area contributed by atoms with Crippen molar-refractivity contribution in [3.63, 3.8) is 0 Å². The first-order chi connectivity index (χ1) is 8.72. The maximum atomic E-state index is 5.57. The highest BCUT2D eigenvalue weighted by atomic mass is 79.9. The molecule has 3 nitrogen and oxygen atoms in total. The molecule has 0 amide bonds. The highest BCUT2D eigenvalue weighted by molar-refractivity contribution is 9.10. The Morgan fingerprint density at radius 1 is 1.11 bits per heavy atom. The Labute approximate surface area is 115 Å². The molecule has 0 radical (unpaired) electrons. The number of nitrogens with two attached hydrogens (primary N) is 1. The largest absolute Gasteiger partial charge is 0.308 e. The Morgan fingerprint density at radius 3 is 2.50 bits per heavy atom. The number of para-hydroxylation sites is 1. The van der Waals surface area contributed by atoms with Crippen LogP contribution in [0.5, 0.6) is 0 Å². The number of nitrogens with zero attached hydrogens (tertiary/aromatic N) is 1. The Balaban J connectivity index is 2.46. The number of aryl methyl sites for hydroxylation is 1. The van der Waals surface area contributed by atoms with E-state index in [1.54, 1.807) is 0 Å². The predicted molar refractivity (Wildman–Crippen MR) is 78.8 cm³/mol. The van der Waals surface area contributed by atoms with E-state index in [4.69, 9.17) is 5.84 Å². The highest BCUT2D eigenvalue weighted by Crippen LogP contribution is 2.22. The zero-order valence-electron chi connectivity index (χ0n) is 10.0. The lowest BCUT2D eigenvalue weighted by Gasteiger charge is -2.09. The summed E-state index contributed by atoms with van der Waals surface area (Å²) in [6.07, 6.45) is 0. The van der Waals surface area contributed by atoms with E-state index < -0.39 is 0 Å². The van der Waals surface area contributed by atoms with Gasteiger partial charge in [0.05, 0.1) is 5.69 Å². The van der Waals surface area contributed by atoms with E-state index in [1.807, 2.05) is 55.5 Å². The number of amidine groups is 1. The second-order valence-corrected chi connectivity index (χ2v) is 4.67. The first kappa shape index (κ1) is 12.8. The Kier molecular flexibility index (Phi) is 4.12. The van der Waals surface area contributed by atoms with Gasteiger partial charge in [-0.2, -0.15) is 0 Å². The molecule has 0 spiro atoms. The number of halogens is 1. The van der Waals surface area contributed by atoms with Crippen LogP contribution < -0.4 is 11.3 Å². The van der Waals surface area contributed by atoms with Gasteiger partial charge in [0.15, 0.2) is 0 Å². The van der Waals surface area contributed by atoms with Crippen LogP contribution in [0.2, 0.25) is 0 Å². The maximum absolute atomic E-state index is 5.57. The molecule has 0 heterocycles. The third kappa shape index (κ3) is 2.78. The zero-order valence-corrected chi connectivity index (χ0v) is 11.6. The van der Waals surface area contributed by atoms with Gasteiger partial charge < -0.3 is 5.43 Å². The van der Waals surface area contributed by atoms with Gasteiger partial charge in [0.25, 0.3) is 0 Å². The van der Waals surface area contributed by atoms with Gasteiger partial charge in [0.1, 0.15) is 5.84 Å². The molecule has 0 saturated carbocycles. The Bertz CT molecular complexity index is 565. The molecule has 4 heteroatoms. The number of hydrogen-bond acceptors (Lipinski definition) is 2. The van der Waals surface area contributed by atoms with Crippen molar-refractivity contribution in [3.05, 3.63) is 64.1 Å². The van der Waals surface area contributed by atoms with E-state index in [9.17, 15) is 0 Å². The number of nitrogens with one attached hydrogen (secondary N) is 1. The number of aliphatic imine (C=N–C) groups is 1. The second kappa shape index (κ2) is 5.80. The van der Waals surface area contributed by atoms with Gasteiger partial charge in [-0.1, -0.05) is 36.4 Å². The molecule has 92 valence electrons. The molecule has 2 aromatic rings. The average Bonchev–Trinajstić information content (AvgIpc) is 2.41. The summed E-state index contributed by atoms with van der Waals surface area (Å²) >= 11 is 3.56. The summed E-state index contributed by atoms with van der Waals surface area (Å²) in [5.74, 6) is 6.21. The Hall–Kier alpha value is -1.65. The van der Waals surface area contributed by atoms with Crippen molar-refractivity contribution in [3.8, 4) is 0 Å². The molecule has 0 fully saturated rings. The maximum Gasteiger partial charge on any atom is 0.149 e. The summed E-state index contributed by atoms with van der Waals surface area (Å²) in [7, 11) is 0. The SMILES string of the molecule is Cc1cccc(C(=Nc2ccccc2)NN)c1Br.